The van der Waals surface area contributed by atoms with Crippen LogP contribution in [0, 0.1) is 0 Å². The summed E-state index contributed by atoms with van der Waals surface area (Å²) in [6, 6.07) is 5.26. The number of carbonyl (C=O) groups excluding carboxylic acids is 3. The van der Waals surface area contributed by atoms with E-state index in [1.807, 2.05) is 68.4 Å². The number of benzene rings is 1. The van der Waals surface area contributed by atoms with Gasteiger partial charge >= 0.3 is 6.09 Å². The maximum atomic E-state index is 13.6. The van der Waals surface area contributed by atoms with E-state index in [1.54, 1.807) is 17.0 Å². The third-order valence-corrected chi connectivity index (χ3v) is 7.76. The molecule has 0 bridgehead atoms. The van der Waals surface area contributed by atoms with Gasteiger partial charge in [0.25, 0.3) is 0 Å². The van der Waals surface area contributed by atoms with Gasteiger partial charge in [-0.1, -0.05) is 41.5 Å². The summed E-state index contributed by atoms with van der Waals surface area (Å²) in [6.45, 7) is 18.5. The second-order valence-corrected chi connectivity index (χ2v) is 14.2. The number of ketones is 2. The Morgan fingerprint density at radius 1 is 0.895 bits per heavy atom. The number of rotatable bonds is 6. The van der Waals surface area contributed by atoms with Crippen molar-refractivity contribution in [2.45, 2.75) is 105 Å². The molecule has 3 rings (SSSR count). The van der Waals surface area contributed by atoms with Crippen LogP contribution in [-0.2, 0) is 28.5 Å². The van der Waals surface area contributed by atoms with Crippen molar-refractivity contribution in [3.8, 4) is 5.75 Å². The molecule has 7 nitrogen and oxygen atoms in total. The number of thiophene rings is 1. The van der Waals surface area contributed by atoms with E-state index in [2.05, 4.69) is 4.89 Å². The molecule has 1 amide bonds. The van der Waals surface area contributed by atoms with Crippen LogP contribution in [0.4, 0.5) is 4.79 Å². The summed E-state index contributed by atoms with van der Waals surface area (Å²) >= 11 is 1.45. The van der Waals surface area contributed by atoms with E-state index in [-0.39, 0.29) is 47.1 Å². The summed E-state index contributed by atoms with van der Waals surface area (Å²) in [5.41, 5.74) is 1.79. The molecule has 1 aliphatic rings. The molecule has 0 fully saturated rings. The number of fused-ring (bicyclic) bond motifs is 1. The lowest BCUT2D eigenvalue weighted by atomic mass is 9.74. The lowest BCUT2D eigenvalue weighted by Crippen LogP contribution is -2.39. The van der Waals surface area contributed by atoms with E-state index in [1.165, 1.54) is 11.3 Å². The van der Waals surface area contributed by atoms with Gasteiger partial charge in [-0.3, -0.25) is 9.59 Å². The molecule has 0 saturated carbocycles. The minimum atomic E-state index is -0.565. The van der Waals surface area contributed by atoms with E-state index < -0.39 is 5.60 Å². The number of hydrogen-bond donors (Lipinski definition) is 1. The van der Waals surface area contributed by atoms with Crippen molar-refractivity contribution in [2.24, 2.45) is 0 Å². The topological polar surface area (TPSA) is 93.1 Å². The molecule has 2 heterocycles. The number of ether oxygens (including phenoxy) is 1. The van der Waals surface area contributed by atoms with Crippen LogP contribution in [0.25, 0.3) is 0 Å². The summed E-state index contributed by atoms with van der Waals surface area (Å²) in [4.78, 5) is 47.2. The molecular weight excluding hydrogens is 502 g/mol. The Labute approximate surface area is 230 Å². The molecule has 0 saturated heterocycles. The zero-order valence-corrected chi connectivity index (χ0v) is 24.9. The zero-order chi connectivity index (χ0) is 28.6. The lowest BCUT2D eigenvalue weighted by molar-refractivity contribution is -0.137. The second kappa shape index (κ2) is 10.8. The Morgan fingerprint density at radius 3 is 1.95 bits per heavy atom. The number of nitrogens with zero attached hydrogens (tertiary/aromatic N) is 1. The molecule has 0 unspecified atom stereocenters. The van der Waals surface area contributed by atoms with E-state index in [0.29, 0.717) is 30.0 Å². The van der Waals surface area contributed by atoms with E-state index in [4.69, 9.17) is 4.74 Å². The number of Topliss-reactive ketones (excluding diaryl/α,β-unsaturated/α-hetero) is 2. The summed E-state index contributed by atoms with van der Waals surface area (Å²) < 4.78 is 5.50. The van der Waals surface area contributed by atoms with Crippen LogP contribution >= 0.6 is 11.3 Å². The largest absolute Gasteiger partial charge is 0.444 e. The molecule has 1 aromatic carbocycles. The van der Waals surface area contributed by atoms with Crippen LogP contribution in [0.3, 0.4) is 0 Å². The quantitative estimate of drug-likeness (QED) is 0.233. The first kappa shape index (κ1) is 29.8. The predicted molar refractivity (Wildman–Crippen MR) is 150 cm³/mol. The van der Waals surface area contributed by atoms with Gasteiger partial charge in [0.05, 0.1) is 11.4 Å². The Kier molecular flexibility index (Phi) is 8.49. The van der Waals surface area contributed by atoms with Crippen LogP contribution in [0.5, 0.6) is 5.75 Å². The normalized spacial score (nSPS) is 14.2. The van der Waals surface area contributed by atoms with Crippen molar-refractivity contribution in [2.75, 3.05) is 6.54 Å². The third kappa shape index (κ3) is 7.03. The molecule has 0 radical (unpaired) electrons. The molecule has 0 aliphatic carbocycles. The van der Waals surface area contributed by atoms with E-state index in [0.717, 1.165) is 21.6 Å². The van der Waals surface area contributed by atoms with Gasteiger partial charge in [0.15, 0.2) is 17.3 Å². The summed E-state index contributed by atoms with van der Waals surface area (Å²) in [6.07, 6.45) is 0.500. The molecule has 1 aliphatic heterocycles. The second-order valence-electron chi connectivity index (χ2n) is 13.0. The average Bonchev–Trinajstić information content (AvgIpc) is 3.22. The predicted octanol–water partition coefficient (Wildman–Crippen LogP) is 7.33. The summed E-state index contributed by atoms with van der Waals surface area (Å²) in [7, 11) is 0. The van der Waals surface area contributed by atoms with Gasteiger partial charge in [-0.2, -0.15) is 0 Å². The SMILES string of the molecule is CC(C)(C)OC(=O)N1CCc2sc(C(=O)CCC(=O)c3c(C(C)(C)C)cc(OO)cc3C(C)(C)C)cc2C1. The Balaban J connectivity index is 1.79. The Bertz CT molecular complexity index is 1190. The fraction of sp³-hybridized carbons (Fsp3) is 0.567. The van der Waals surface area contributed by atoms with Crippen molar-refractivity contribution in [1.82, 2.24) is 4.90 Å². The fourth-order valence-corrected chi connectivity index (χ4v) is 5.71. The monoisotopic (exact) mass is 543 g/mol. The third-order valence-electron chi connectivity index (χ3n) is 6.48. The van der Waals surface area contributed by atoms with Crippen molar-refractivity contribution in [3.05, 3.63) is 50.2 Å². The molecular formula is C30H41NO6S. The molecule has 208 valence electrons. The van der Waals surface area contributed by atoms with Gasteiger partial charge in [-0.25, -0.2) is 10.1 Å². The smallest absolute Gasteiger partial charge is 0.410 e. The van der Waals surface area contributed by atoms with Crippen molar-refractivity contribution in [1.29, 1.82) is 0 Å². The molecule has 1 N–H and O–H groups in total. The molecule has 0 atom stereocenters. The molecule has 38 heavy (non-hydrogen) atoms. The number of hydrogen-bond acceptors (Lipinski definition) is 7. The Morgan fingerprint density at radius 2 is 1.45 bits per heavy atom. The van der Waals surface area contributed by atoms with Crippen molar-refractivity contribution in [3.63, 3.8) is 0 Å². The molecule has 8 heteroatoms. The van der Waals surface area contributed by atoms with Gasteiger partial charge in [-0.15, -0.1) is 11.3 Å². The van der Waals surface area contributed by atoms with Gasteiger partial charge < -0.3 is 14.5 Å². The summed E-state index contributed by atoms with van der Waals surface area (Å²) in [5, 5.41) is 9.36. The van der Waals surface area contributed by atoms with Crippen molar-refractivity contribution >= 4 is 29.0 Å². The molecule has 0 spiro atoms. The highest BCUT2D eigenvalue weighted by atomic mass is 32.1. The van der Waals surface area contributed by atoms with Crippen molar-refractivity contribution < 1.29 is 29.3 Å². The zero-order valence-electron chi connectivity index (χ0n) is 24.1. The highest BCUT2D eigenvalue weighted by Crippen LogP contribution is 2.38. The minimum absolute atomic E-state index is 0.0773. The van der Waals surface area contributed by atoms with Crippen LogP contribution in [-0.4, -0.2) is 40.0 Å². The molecule has 1 aromatic heterocycles. The van der Waals surface area contributed by atoms with Crippen LogP contribution in [0.1, 0.15) is 117 Å². The standard InChI is InChI=1S/C30H41NO6S/c1-28(2,3)20-15-19(37-35)16-21(29(4,5)6)26(20)23(33)11-10-22(32)25-14-18-17-31(13-12-24(18)38-25)27(34)36-30(7,8)9/h14-16,35H,10-13,17H2,1-9H3. The van der Waals surface area contributed by atoms with Gasteiger partial charge in [0.1, 0.15) is 5.60 Å². The summed E-state index contributed by atoms with van der Waals surface area (Å²) in [5.74, 6) is 0.110. The fourth-order valence-electron chi connectivity index (χ4n) is 4.58. The van der Waals surface area contributed by atoms with Crippen LogP contribution < -0.4 is 4.89 Å². The Hall–Kier alpha value is -2.71. The first-order chi connectivity index (χ1) is 17.4. The van der Waals surface area contributed by atoms with Crippen LogP contribution in [0.15, 0.2) is 18.2 Å². The van der Waals surface area contributed by atoms with E-state index >= 15 is 0 Å². The number of amides is 1. The van der Waals surface area contributed by atoms with Gasteiger partial charge in [0, 0.05) is 29.8 Å². The highest BCUT2D eigenvalue weighted by molar-refractivity contribution is 7.14. The van der Waals surface area contributed by atoms with Gasteiger partial charge in [-0.05, 0) is 72.9 Å². The molecule has 2 aromatic rings. The number of carbonyl (C=O) groups is 3. The first-order valence-corrected chi connectivity index (χ1v) is 13.9. The average molecular weight is 544 g/mol. The van der Waals surface area contributed by atoms with E-state index in [9.17, 15) is 19.6 Å². The maximum Gasteiger partial charge on any atom is 0.410 e. The first-order valence-electron chi connectivity index (χ1n) is 13.1. The lowest BCUT2D eigenvalue weighted by Gasteiger charge is -2.30. The maximum absolute atomic E-state index is 13.6. The highest BCUT2D eigenvalue weighted by Gasteiger charge is 2.31. The van der Waals surface area contributed by atoms with Gasteiger partial charge in [0.2, 0.25) is 0 Å². The van der Waals surface area contributed by atoms with Crippen LogP contribution in [0.2, 0.25) is 0 Å². The minimum Gasteiger partial charge on any atom is -0.444 e.